The van der Waals surface area contributed by atoms with E-state index in [4.69, 9.17) is 0 Å². The molecule has 1 fully saturated rings. The van der Waals surface area contributed by atoms with Gasteiger partial charge in [0.2, 0.25) is 5.91 Å². The number of carbonyl (C=O) groups is 1. The van der Waals surface area contributed by atoms with Crippen LogP contribution >= 0.6 is 11.3 Å². The molecule has 0 atom stereocenters. The lowest BCUT2D eigenvalue weighted by Crippen LogP contribution is -2.36. The number of hydrogen-bond donors (Lipinski definition) is 0. The van der Waals surface area contributed by atoms with Crippen LogP contribution in [-0.4, -0.2) is 28.9 Å². The number of aromatic nitrogens is 1. The lowest BCUT2D eigenvalue weighted by atomic mass is 9.99. The number of likely N-dealkylation sites (tertiary alicyclic amines) is 1. The van der Waals surface area contributed by atoms with Gasteiger partial charge in [-0.05, 0) is 31.8 Å². The first-order chi connectivity index (χ1) is 8.15. The maximum Gasteiger partial charge on any atom is 0.246 e. The summed E-state index contributed by atoms with van der Waals surface area (Å²) < 4.78 is 0. The van der Waals surface area contributed by atoms with E-state index in [2.05, 4.69) is 11.9 Å². The van der Waals surface area contributed by atoms with E-state index in [0.717, 1.165) is 42.6 Å². The maximum atomic E-state index is 11.9. The van der Waals surface area contributed by atoms with Crippen LogP contribution in [0.15, 0.2) is 11.5 Å². The predicted molar refractivity (Wildman–Crippen MR) is 70.9 cm³/mol. The summed E-state index contributed by atoms with van der Waals surface area (Å²) in [6.45, 7) is 5.99. The van der Waals surface area contributed by atoms with Crippen molar-refractivity contribution in [2.24, 2.45) is 5.92 Å². The Kier molecular flexibility index (Phi) is 3.94. The van der Waals surface area contributed by atoms with Gasteiger partial charge in [0.25, 0.3) is 0 Å². The van der Waals surface area contributed by atoms with Gasteiger partial charge in [-0.25, -0.2) is 4.98 Å². The van der Waals surface area contributed by atoms with Crippen LogP contribution in [0.4, 0.5) is 0 Å². The van der Waals surface area contributed by atoms with Gasteiger partial charge in [0.1, 0.15) is 0 Å². The summed E-state index contributed by atoms with van der Waals surface area (Å²) in [6, 6.07) is 0. The minimum absolute atomic E-state index is 0.113. The molecule has 2 rings (SSSR count). The van der Waals surface area contributed by atoms with Crippen LogP contribution < -0.4 is 0 Å². The number of carbonyl (C=O) groups excluding carboxylic acids is 1. The fourth-order valence-electron chi connectivity index (χ4n) is 1.95. The average Bonchev–Trinajstić information content (AvgIpc) is 2.73. The third-order valence-electron chi connectivity index (χ3n) is 3.13. The molecule has 0 bridgehead atoms. The normalized spacial score (nSPS) is 17.9. The van der Waals surface area contributed by atoms with Gasteiger partial charge in [-0.15, -0.1) is 11.3 Å². The number of hydrogen-bond acceptors (Lipinski definition) is 3. The third kappa shape index (κ3) is 3.40. The molecule has 0 unspecified atom stereocenters. The number of amides is 1. The average molecular weight is 250 g/mol. The second-order valence-corrected chi connectivity index (χ2v) is 5.69. The van der Waals surface area contributed by atoms with Gasteiger partial charge < -0.3 is 4.90 Å². The molecule has 0 N–H and O–H groups in total. The van der Waals surface area contributed by atoms with Crippen LogP contribution in [-0.2, 0) is 4.79 Å². The van der Waals surface area contributed by atoms with Crippen LogP contribution in [0, 0.1) is 12.8 Å². The van der Waals surface area contributed by atoms with E-state index in [0.29, 0.717) is 0 Å². The molecule has 1 saturated heterocycles. The van der Waals surface area contributed by atoms with Crippen LogP contribution in [0.25, 0.3) is 6.08 Å². The summed E-state index contributed by atoms with van der Waals surface area (Å²) in [5.74, 6) is 0.867. The Bertz CT molecular complexity index is 417. The molecule has 92 valence electrons. The van der Waals surface area contributed by atoms with Crippen molar-refractivity contribution >= 4 is 23.3 Å². The highest BCUT2D eigenvalue weighted by Gasteiger charge is 2.18. The minimum Gasteiger partial charge on any atom is -0.339 e. The lowest BCUT2D eigenvalue weighted by Gasteiger charge is -2.29. The third-order valence-corrected chi connectivity index (χ3v) is 3.92. The Morgan fingerprint density at radius 2 is 2.24 bits per heavy atom. The Balaban J connectivity index is 1.90. The molecule has 0 aromatic carbocycles. The highest BCUT2D eigenvalue weighted by molar-refractivity contribution is 7.09. The van der Waals surface area contributed by atoms with Crippen molar-refractivity contribution in [3.63, 3.8) is 0 Å². The first kappa shape index (κ1) is 12.3. The van der Waals surface area contributed by atoms with Crippen molar-refractivity contribution in [1.82, 2.24) is 9.88 Å². The molecule has 17 heavy (non-hydrogen) atoms. The molecular formula is C13H18N2OS. The fourth-order valence-corrected chi connectivity index (χ4v) is 2.53. The number of piperidine rings is 1. The van der Waals surface area contributed by atoms with Crippen LogP contribution in [0.1, 0.15) is 30.5 Å². The first-order valence-corrected chi connectivity index (χ1v) is 6.92. The minimum atomic E-state index is 0.113. The van der Waals surface area contributed by atoms with Crippen molar-refractivity contribution in [3.8, 4) is 0 Å². The molecule has 2 heterocycles. The van der Waals surface area contributed by atoms with Gasteiger partial charge in [0, 0.05) is 24.5 Å². The van der Waals surface area contributed by atoms with E-state index in [1.807, 2.05) is 23.3 Å². The largest absolute Gasteiger partial charge is 0.339 e. The van der Waals surface area contributed by atoms with Crippen molar-refractivity contribution in [3.05, 3.63) is 22.2 Å². The van der Waals surface area contributed by atoms with Crippen molar-refractivity contribution in [2.75, 3.05) is 13.1 Å². The number of aryl methyl sites for hydroxylation is 1. The molecule has 0 spiro atoms. The van der Waals surface area contributed by atoms with Gasteiger partial charge in [0.05, 0.1) is 10.7 Å². The van der Waals surface area contributed by atoms with E-state index in [9.17, 15) is 4.79 Å². The van der Waals surface area contributed by atoms with Crippen molar-refractivity contribution in [1.29, 1.82) is 0 Å². The summed E-state index contributed by atoms with van der Waals surface area (Å²) in [7, 11) is 0. The Hall–Kier alpha value is -1.16. The molecule has 1 aromatic heterocycles. The highest BCUT2D eigenvalue weighted by atomic mass is 32.1. The molecular weight excluding hydrogens is 232 g/mol. The lowest BCUT2D eigenvalue weighted by molar-refractivity contribution is -0.127. The number of nitrogens with zero attached hydrogens (tertiary/aromatic N) is 2. The predicted octanol–water partition coefficient (Wildman–Crippen LogP) is 2.72. The maximum absolute atomic E-state index is 11.9. The molecule has 0 aliphatic carbocycles. The van der Waals surface area contributed by atoms with E-state index in [-0.39, 0.29) is 5.91 Å². The molecule has 1 aliphatic heterocycles. The highest BCUT2D eigenvalue weighted by Crippen LogP contribution is 2.16. The Morgan fingerprint density at radius 1 is 1.53 bits per heavy atom. The van der Waals surface area contributed by atoms with Gasteiger partial charge in [-0.3, -0.25) is 4.79 Å². The number of rotatable bonds is 2. The molecule has 1 aromatic rings. The molecule has 1 amide bonds. The fraction of sp³-hybridized carbons (Fsp3) is 0.538. The van der Waals surface area contributed by atoms with E-state index in [1.54, 1.807) is 17.4 Å². The van der Waals surface area contributed by atoms with Crippen molar-refractivity contribution in [2.45, 2.75) is 26.7 Å². The summed E-state index contributed by atoms with van der Waals surface area (Å²) in [4.78, 5) is 18.1. The van der Waals surface area contributed by atoms with E-state index in [1.165, 1.54) is 0 Å². The zero-order valence-corrected chi connectivity index (χ0v) is 11.2. The monoisotopic (exact) mass is 250 g/mol. The van der Waals surface area contributed by atoms with E-state index >= 15 is 0 Å². The molecule has 0 radical (unpaired) electrons. The van der Waals surface area contributed by atoms with Crippen molar-refractivity contribution < 1.29 is 4.79 Å². The second-order valence-electron chi connectivity index (χ2n) is 4.63. The quantitative estimate of drug-likeness (QED) is 0.756. The first-order valence-electron chi connectivity index (χ1n) is 6.04. The van der Waals surface area contributed by atoms with Gasteiger partial charge in [-0.2, -0.15) is 0 Å². The summed E-state index contributed by atoms with van der Waals surface area (Å²) in [5, 5.41) is 3.00. The molecule has 3 nitrogen and oxygen atoms in total. The molecule has 4 heteroatoms. The van der Waals surface area contributed by atoms with Gasteiger partial charge >= 0.3 is 0 Å². The molecule has 1 aliphatic rings. The number of thiazole rings is 1. The second kappa shape index (κ2) is 5.45. The SMILES string of the molecule is Cc1nc(/C=C/C(=O)N2CCC(C)CC2)cs1. The summed E-state index contributed by atoms with van der Waals surface area (Å²) in [5.41, 5.74) is 0.881. The van der Waals surface area contributed by atoms with Gasteiger partial charge in [0.15, 0.2) is 0 Å². The van der Waals surface area contributed by atoms with Gasteiger partial charge in [-0.1, -0.05) is 6.92 Å². The van der Waals surface area contributed by atoms with Crippen LogP contribution in [0.5, 0.6) is 0 Å². The van der Waals surface area contributed by atoms with Crippen LogP contribution in [0.2, 0.25) is 0 Å². The van der Waals surface area contributed by atoms with Crippen LogP contribution in [0.3, 0.4) is 0 Å². The summed E-state index contributed by atoms with van der Waals surface area (Å²) >= 11 is 1.60. The standard InChI is InChI=1S/C13H18N2OS/c1-10-5-7-15(8-6-10)13(16)4-3-12-9-17-11(2)14-12/h3-4,9-10H,5-8H2,1-2H3/b4-3+. The van der Waals surface area contributed by atoms with E-state index < -0.39 is 0 Å². The smallest absolute Gasteiger partial charge is 0.246 e. The topological polar surface area (TPSA) is 33.2 Å². The Labute approximate surface area is 106 Å². The Morgan fingerprint density at radius 3 is 2.82 bits per heavy atom. The summed E-state index contributed by atoms with van der Waals surface area (Å²) in [6.07, 6.45) is 5.69. The zero-order valence-electron chi connectivity index (χ0n) is 10.3. The molecule has 0 saturated carbocycles. The zero-order chi connectivity index (χ0) is 12.3.